The molecule has 0 radical (unpaired) electrons. The lowest BCUT2D eigenvalue weighted by Gasteiger charge is -2.11. The van der Waals surface area contributed by atoms with Crippen molar-refractivity contribution in [1.82, 2.24) is 0 Å². The molecule has 0 bridgehead atoms. The highest BCUT2D eigenvalue weighted by Crippen LogP contribution is 2.22. The Morgan fingerprint density at radius 1 is 1.28 bits per heavy atom. The molecule has 0 aliphatic carbocycles. The van der Waals surface area contributed by atoms with E-state index in [1.165, 1.54) is 0 Å². The minimum absolute atomic E-state index is 0.144. The van der Waals surface area contributed by atoms with Crippen LogP contribution < -0.4 is 5.32 Å². The molecule has 102 valence electrons. The number of sulfone groups is 1. The molecule has 1 N–H and O–H groups in total. The first-order chi connectivity index (χ1) is 8.47. The molecule has 0 spiro atoms. The first-order valence-electron chi connectivity index (χ1n) is 5.83. The van der Waals surface area contributed by atoms with Crippen LogP contribution in [0.3, 0.4) is 0 Å². The second-order valence-corrected chi connectivity index (χ2v) is 7.65. The van der Waals surface area contributed by atoms with E-state index in [1.807, 2.05) is 6.92 Å². The predicted octanol–water partition coefficient (Wildman–Crippen LogP) is 1.66. The number of para-hydroxylation sites is 1. The second kappa shape index (κ2) is 6.89. The molecule has 0 fully saturated rings. The fourth-order valence-corrected chi connectivity index (χ4v) is 3.50. The molecule has 1 aromatic carbocycles. The van der Waals surface area contributed by atoms with Gasteiger partial charge in [-0.05, 0) is 18.6 Å². The van der Waals surface area contributed by atoms with Gasteiger partial charge in [0.05, 0.1) is 16.3 Å². The summed E-state index contributed by atoms with van der Waals surface area (Å²) in [7, 11) is -4.11. The van der Waals surface area contributed by atoms with Crippen LogP contribution in [0.15, 0.2) is 29.2 Å². The van der Waals surface area contributed by atoms with Crippen LogP contribution in [-0.2, 0) is 20.6 Å². The van der Waals surface area contributed by atoms with Crippen molar-refractivity contribution < 1.29 is 12.6 Å². The lowest BCUT2D eigenvalue weighted by atomic mass is 10.3. The summed E-state index contributed by atoms with van der Waals surface area (Å²) in [4.78, 5) is 0.328. The van der Waals surface area contributed by atoms with Crippen LogP contribution in [0.4, 0.5) is 5.69 Å². The van der Waals surface area contributed by atoms with Gasteiger partial charge in [0.1, 0.15) is 0 Å². The number of hydrogen-bond donors (Lipinski definition) is 1. The summed E-state index contributed by atoms with van der Waals surface area (Å²) >= 11 is 0. The van der Waals surface area contributed by atoms with E-state index in [2.05, 4.69) is 5.32 Å². The van der Waals surface area contributed by atoms with Gasteiger partial charge in [0.25, 0.3) is 0 Å². The van der Waals surface area contributed by atoms with Gasteiger partial charge in [0, 0.05) is 29.4 Å². The summed E-state index contributed by atoms with van der Waals surface area (Å²) in [6.45, 7) is 2.34. The molecule has 0 aliphatic rings. The Balaban J connectivity index is 2.89. The molecule has 0 amide bonds. The zero-order chi connectivity index (χ0) is 13.6. The zero-order valence-electron chi connectivity index (χ0n) is 10.7. The molecule has 6 heteroatoms. The monoisotopic (exact) mass is 289 g/mol. The lowest BCUT2D eigenvalue weighted by molar-refractivity contribution is 0.595. The molecular weight excluding hydrogens is 270 g/mol. The van der Waals surface area contributed by atoms with Crippen molar-refractivity contribution in [3.8, 4) is 0 Å². The molecule has 18 heavy (non-hydrogen) atoms. The van der Waals surface area contributed by atoms with Crippen LogP contribution in [0, 0.1) is 0 Å². The first-order valence-corrected chi connectivity index (χ1v) is 9.21. The lowest BCUT2D eigenvalue weighted by Crippen LogP contribution is -2.14. The predicted molar refractivity (Wildman–Crippen MR) is 76.2 cm³/mol. The quantitative estimate of drug-likeness (QED) is 0.829. The number of benzene rings is 1. The van der Waals surface area contributed by atoms with Gasteiger partial charge in [0.15, 0.2) is 9.84 Å². The summed E-state index contributed by atoms with van der Waals surface area (Å²) in [5, 5.41) is 3.04. The minimum Gasteiger partial charge on any atom is -0.383 e. The maximum Gasteiger partial charge on any atom is 0.180 e. The summed E-state index contributed by atoms with van der Waals surface area (Å²) in [6.07, 6.45) is 2.22. The molecule has 1 atom stereocenters. The second-order valence-electron chi connectivity index (χ2n) is 4.02. The smallest absolute Gasteiger partial charge is 0.180 e. The molecule has 1 aromatic rings. The Morgan fingerprint density at radius 3 is 2.56 bits per heavy atom. The normalized spacial score (nSPS) is 13.2. The third kappa shape index (κ3) is 4.42. The van der Waals surface area contributed by atoms with Crippen LogP contribution in [0.1, 0.15) is 13.3 Å². The van der Waals surface area contributed by atoms with E-state index in [9.17, 15) is 12.6 Å². The maximum atomic E-state index is 12.1. The van der Waals surface area contributed by atoms with Gasteiger partial charge in [-0.3, -0.25) is 4.21 Å². The molecule has 0 aliphatic heterocycles. The highest BCUT2D eigenvalue weighted by Gasteiger charge is 2.16. The van der Waals surface area contributed by atoms with Crippen LogP contribution in [0.25, 0.3) is 0 Å². The van der Waals surface area contributed by atoms with E-state index in [4.69, 9.17) is 0 Å². The number of rotatable bonds is 7. The molecule has 4 nitrogen and oxygen atoms in total. The highest BCUT2D eigenvalue weighted by molar-refractivity contribution is 7.91. The standard InChI is InChI=1S/C12H19NO3S2/c1-3-10-18(15,16)12-7-5-4-6-11(12)13-8-9-17(2)14/h4-7,13H,3,8-10H2,1-2H3. The van der Waals surface area contributed by atoms with Crippen LogP contribution in [0.2, 0.25) is 0 Å². The summed E-state index contributed by atoms with van der Waals surface area (Å²) < 4.78 is 35.1. The van der Waals surface area contributed by atoms with E-state index in [1.54, 1.807) is 30.5 Å². The Morgan fingerprint density at radius 2 is 1.94 bits per heavy atom. The van der Waals surface area contributed by atoms with Crippen molar-refractivity contribution in [2.24, 2.45) is 0 Å². The van der Waals surface area contributed by atoms with Crippen molar-refractivity contribution in [3.05, 3.63) is 24.3 Å². The summed E-state index contributed by atoms with van der Waals surface area (Å²) in [5.74, 6) is 0.646. The van der Waals surface area contributed by atoms with Gasteiger partial charge in [-0.15, -0.1) is 0 Å². The third-order valence-corrected chi connectivity index (χ3v) is 5.15. The summed E-state index contributed by atoms with van der Waals surface area (Å²) in [6, 6.07) is 6.85. The minimum atomic E-state index is -3.23. The van der Waals surface area contributed by atoms with Gasteiger partial charge in [-0.2, -0.15) is 0 Å². The van der Waals surface area contributed by atoms with Gasteiger partial charge in [-0.25, -0.2) is 8.42 Å². The number of hydrogen-bond acceptors (Lipinski definition) is 4. The van der Waals surface area contributed by atoms with E-state index in [0.717, 1.165) is 0 Å². The van der Waals surface area contributed by atoms with Crippen LogP contribution in [-0.4, -0.2) is 36.9 Å². The Kier molecular flexibility index (Phi) is 5.81. The number of nitrogens with one attached hydrogen (secondary N) is 1. The van der Waals surface area contributed by atoms with E-state index < -0.39 is 20.6 Å². The Hall–Kier alpha value is -0.880. The molecule has 1 rings (SSSR count). The molecular formula is C12H19NO3S2. The van der Waals surface area contributed by atoms with Gasteiger partial charge < -0.3 is 5.32 Å². The van der Waals surface area contributed by atoms with Crippen LogP contribution >= 0.6 is 0 Å². The largest absolute Gasteiger partial charge is 0.383 e. The molecule has 0 heterocycles. The zero-order valence-corrected chi connectivity index (χ0v) is 12.3. The van der Waals surface area contributed by atoms with Crippen molar-refractivity contribution in [2.75, 3.05) is 29.6 Å². The van der Waals surface area contributed by atoms with E-state index in [-0.39, 0.29) is 5.75 Å². The first kappa shape index (κ1) is 15.2. The van der Waals surface area contributed by atoms with Crippen molar-refractivity contribution >= 4 is 26.3 Å². The van der Waals surface area contributed by atoms with E-state index >= 15 is 0 Å². The molecule has 0 saturated carbocycles. The SMILES string of the molecule is CCCS(=O)(=O)c1ccccc1NCCS(C)=O. The van der Waals surface area contributed by atoms with Crippen LogP contribution in [0.5, 0.6) is 0 Å². The fraction of sp³-hybridized carbons (Fsp3) is 0.500. The highest BCUT2D eigenvalue weighted by atomic mass is 32.2. The van der Waals surface area contributed by atoms with Crippen molar-refractivity contribution in [1.29, 1.82) is 0 Å². The fourth-order valence-electron chi connectivity index (χ4n) is 1.59. The maximum absolute atomic E-state index is 12.1. The number of anilines is 1. The Labute approximate surface area is 111 Å². The van der Waals surface area contributed by atoms with Gasteiger partial charge >= 0.3 is 0 Å². The molecule has 0 saturated heterocycles. The Bertz CT molecular complexity index is 512. The topological polar surface area (TPSA) is 63.2 Å². The molecule has 1 unspecified atom stereocenters. The van der Waals surface area contributed by atoms with Crippen molar-refractivity contribution in [3.63, 3.8) is 0 Å². The average molecular weight is 289 g/mol. The van der Waals surface area contributed by atoms with Gasteiger partial charge in [0.2, 0.25) is 0 Å². The molecule has 0 aromatic heterocycles. The average Bonchev–Trinajstić information content (AvgIpc) is 2.29. The van der Waals surface area contributed by atoms with E-state index in [0.29, 0.717) is 29.3 Å². The van der Waals surface area contributed by atoms with Gasteiger partial charge in [-0.1, -0.05) is 19.1 Å². The van der Waals surface area contributed by atoms with Crippen molar-refractivity contribution in [2.45, 2.75) is 18.2 Å². The third-order valence-electron chi connectivity index (χ3n) is 2.40. The summed E-state index contributed by atoms with van der Waals surface area (Å²) in [5.41, 5.74) is 0.594.